The zero-order valence-electron chi connectivity index (χ0n) is 80.3. The van der Waals surface area contributed by atoms with Crippen LogP contribution in [-0.2, 0) is 84.5 Å². The summed E-state index contributed by atoms with van der Waals surface area (Å²) >= 11 is 1.87. The number of aliphatic hydroxyl groups excluding tert-OH is 5. The van der Waals surface area contributed by atoms with Crippen molar-refractivity contribution in [3.8, 4) is 0 Å². The molecule has 0 aliphatic carbocycles. The van der Waals surface area contributed by atoms with Crippen molar-refractivity contribution in [2.45, 2.75) is 235 Å². The van der Waals surface area contributed by atoms with Gasteiger partial charge in [-0.3, -0.25) is 38.4 Å². The molecule has 146 heavy (non-hydrogen) atoms. The molecule has 2 unspecified atom stereocenters. The van der Waals surface area contributed by atoms with Gasteiger partial charge >= 0.3 is 79.5 Å². The Hall–Kier alpha value is -11.1. The average molecular weight is 2250 g/mol. The predicted molar refractivity (Wildman–Crippen MR) is 494 cm³/mol. The van der Waals surface area contributed by atoms with E-state index >= 15 is 0 Å². The monoisotopic (exact) mass is 2250 g/mol. The second-order valence-electron chi connectivity index (χ2n) is 29.3. The van der Waals surface area contributed by atoms with Crippen LogP contribution in [0.25, 0.3) is 0 Å². The van der Waals surface area contributed by atoms with Gasteiger partial charge in [0.15, 0.2) is 17.7 Å². The Bertz CT molecular complexity index is 4480. The highest BCUT2D eigenvalue weighted by Gasteiger charge is 2.54. The van der Waals surface area contributed by atoms with Gasteiger partial charge in [0.25, 0.3) is 11.8 Å². The number of carbonyl (C=O) groups is 10. The molecule has 26 nitrogen and oxygen atoms in total. The summed E-state index contributed by atoms with van der Waals surface area (Å²) in [7, 11) is 2.46. The Kier molecular flexibility index (Phi) is 72.5. The van der Waals surface area contributed by atoms with E-state index in [9.17, 15) is 169 Å². The summed E-state index contributed by atoms with van der Waals surface area (Å²) in [6.07, 6.45) is -33.8. The van der Waals surface area contributed by atoms with Crippen molar-refractivity contribution in [1.29, 1.82) is 0 Å². The highest BCUT2D eigenvalue weighted by Crippen LogP contribution is 2.38. The largest absolute Gasteiger partial charge is 0.466 e. The highest BCUT2D eigenvalue weighted by molar-refractivity contribution is 14.1. The molecule has 2 aromatic carbocycles. The van der Waals surface area contributed by atoms with Crippen LogP contribution in [0.5, 0.6) is 0 Å². The van der Waals surface area contributed by atoms with E-state index < -0.39 is 224 Å². The summed E-state index contributed by atoms with van der Waals surface area (Å²) in [6, 6.07) is 18.1. The minimum atomic E-state index is -4.95. The first-order chi connectivity index (χ1) is 67.5. The molecule has 828 valence electrons. The molecule has 3 heterocycles. The van der Waals surface area contributed by atoms with Gasteiger partial charge in [0.1, 0.15) is 37.9 Å². The van der Waals surface area contributed by atoms with Crippen molar-refractivity contribution in [3.63, 3.8) is 0 Å². The van der Waals surface area contributed by atoms with E-state index in [1.807, 2.05) is 71.1 Å². The summed E-state index contributed by atoms with van der Waals surface area (Å²) in [5, 5.41) is 55.2. The number of alkyl halides is 25. The molecule has 7 atom stereocenters. The minimum absolute atomic E-state index is 0.0269. The summed E-state index contributed by atoms with van der Waals surface area (Å²) in [5.74, 6) is -7.81. The molecule has 51 heteroatoms. The Morgan fingerprint density at radius 2 is 0.856 bits per heavy atom. The number of amides is 5. The van der Waals surface area contributed by atoms with Crippen molar-refractivity contribution in [2.24, 2.45) is 0 Å². The third kappa shape index (κ3) is 64.1. The summed E-state index contributed by atoms with van der Waals surface area (Å²) in [5.41, 5.74) is -5.89. The molecular formula is C95H120F24IN3O23. The summed E-state index contributed by atoms with van der Waals surface area (Å²) in [6.45, 7) is 30.1. The van der Waals surface area contributed by atoms with Crippen LogP contribution in [-0.4, -0.2) is 261 Å². The van der Waals surface area contributed by atoms with Gasteiger partial charge in [-0.1, -0.05) is 163 Å². The van der Waals surface area contributed by atoms with Gasteiger partial charge in [-0.2, -0.15) is 105 Å². The molecule has 0 spiro atoms. The van der Waals surface area contributed by atoms with Gasteiger partial charge in [0.2, 0.25) is 11.7 Å². The minimum Gasteiger partial charge on any atom is -0.466 e. The van der Waals surface area contributed by atoms with Gasteiger partial charge in [-0.25, -0.2) is 29.2 Å². The number of aliphatic hydroxyl groups is 6. The topological polar surface area (TPSA) is 366 Å². The van der Waals surface area contributed by atoms with E-state index in [1.54, 1.807) is 19.1 Å². The van der Waals surface area contributed by atoms with Crippen molar-refractivity contribution < 1.29 is 217 Å². The van der Waals surface area contributed by atoms with Crippen LogP contribution in [0.1, 0.15) is 142 Å². The van der Waals surface area contributed by atoms with E-state index in [0.29, 0.717) is 36.4 Å². The second-order valence-corrected chi connectivity index (χ2v) is 30.2. The normalized spacial score (nSPS) is 16.1. The number of carbonyl (C=O) groups excluding carboxylic acids is 10. The number of hydrogen-bond acceptors (Lipinski definition) is 23. The number of benzene rings is 2. The van der Waals surface area contributed by atoms with E-state index in [-0.39, 0.29) is 70.5 Å². The van der Waals surface area contributed by atoms with Gasteiger partial charge in [-0.15, -0.1) is 46.1 Å². The molecule has 0 aromatic heterocycles. The zero-order chi connectivity index (χ0) is 114. The lowest BCUT2D eigenvalue weighted by Gasteiger charge is -2.28. The number of nitrogens with zero attached hydrogens (tertiary/aromatic N) is 3. The number of hydroxylamine groups is 2. The molecule has 3 fully saturated rings. The first kappa shape index (κ1) is 143. The van der Waals surface area contributed by atoms with Crippen LogP contribution in [0, 0.1) is 0 Å². The number of ether oxygens (including phenoxy) is 6. The number of esters is 3. The molecule has 6 N–H and O–H groups in total. The molecule has 3 saturated heterocycles. The van der Waals surface area contributed by atoms with Crippen LogP contribution in [0.2, 0.25) is 0 Å². The summed E-state index contributed by atoms with van der Waals surface area (Å²) < 4.78 is 320. The molecule has 3 aliphatic heterocycles. The fourth-order valence-electron chi connectivity index (χ4n) is 10.6. The third-order valence-electron chi connectivity index (χ3n) is 17.9. The standard InChI is InChI=1S/C19H20F3NO4.C13H15NO3.C11H16F3NO3.C10H13F3O2.C9H13F3O3.C9H11F3O2.C7H8F3I.C7H9F3O.C6H7F3O3.C4H8O2/c1-2-6-14(19(20,21)22)9-10-16(24)17(25)23-15(12-27-18(23)26)11-13-7-4-3-5-8-13;1-2-12(15)14-11(9-17-13(14)16)8-10-6-4-3-5-7-10;1-4-5-8(11(12,13)14)6-7-9(16)10(17)15(2)18-3;1-3-4-8(10(11,12)13)5-6-9(15)7(2)14;1-3-5-8(14,9(10,11)12)6-7(13)15-4-2;1-3-5-7(9(10,11)12)6-8(13)14-4-2;2*1-2-3-6(4-5-11)7(8,9)10;1-2-12-5(11)3-4(10)6(7,8)9;5-4-2-1-3-6-4/h2-5,7-9,15-16,24H,1,6,10-12H2;3-7,11H,2,8-9H2,1H3;4,6,9,16H,1,5,7H2,2-3H3;3,5,9,15H,1,4,6H2,2H3;3,14H,1,4-6H2,2H3;3,6H,1,4-5H2,2H3;2,4H,1,3,5H2;2,4,11H,1,3,5H2;2-3H2,1H3;4-5H,1-3H2/b14-9+;;8-6+;8-5+;;7-6+;2*6-4+;;/t15-,16+;11-;2*9-;;;;;;/m1100....../s1. The molecule has 3 aliphatic rings. The third-order valence-corrected chi connectivity index (χ3v) is 18.4. The maximum Gasteiger partial charge on any atom is 0.450 e. The van der Waals surface area contributed by atoms with E-state index in [0.717, 1.165) is 108 Å². The SMILES string of the molecule is C=CC/C(=C\C(=O)OCC)C(F)(F)F.C=CC/C(=C\CI)C(F)(F)F.C=CC/C(=C\CO)C(F)(F)F.C=CC/C(=C\C[C@H](O)C(=O)N(C)OC)C(F)(F)F.C=CC/C(=C\C[C@H](O)C(=O)N1C(=O)OC[C@H]1Cc1ccccc1)C(F)(F)F.C=CC/C(=C\C[C@H](O)C(C)=O)C(F)(F)F.C=CCC(O)(CC(=O)OCC)C(F)(F)F.CCC(=O)N1C(=O)OC[C@H]1Cc1ccccc1.CCOC(=O)CC(=O)C(F)(F)F.OC1CCCO1. The number of allylic oxidation sites excluding steroid dienone is 13. The molecule has 2 aromatic rings. The number of hydrogen-bond donors (Lipinski definition) is 6. The first-order valence-corrected chi connectivity index (χ1v) is 44.6. The van der Waals surface area contributed by atoms with Crippen LogP contribution >= 0.6 is 22.6 Å². The van der Waals surface area contributed by atoms with Gasteiger partial charge < -0.3 is 59.1 Å². The van der Waals surface area contributed by atoms with Crippen LogP contribution in [0.4, 0.5) is 115 Å². The number of likely N-dealkylation sites (N-methyl/N-ethyl adjacent to an activating group) is 1. The molecule has 0 radical (unpaired) electrons. The number of cyclic esters (lactones) is 2. The Morgan fingerprint density at radius 1 is 0.500 bits per heavy atom. The Balaban J connectivity index is -0.000000514. The second kappa shape index (κ2) is 73.9. The average Bonchev–Trinajstić information content (AvgIpc) is 1.22. The molecule has 5 amide bonds. The van der Waals surface area contributed by atoms with Gasteiger partial charge in [-0.05, 0) is 103 Å². The molecular weight excluding hydrogens is 2130 g/mol. The maximum atomic E-state index is 12.9. The quantitative estimate of drug-likeness (QED) is 0.00417. The Labute approximate surface area is 840 Å². The van der Waals surface area contributed by atoms with Crippen LogP contribution in [0.15, 0.2) is 219 Å². The number of imide groups is 2. The molecule has 5 rings (SSSR count). The van der Waals surface area contributed by atoms with Crippen molar-refractivity contribution >= 4 is 82.0 Å². The lowest BCUT2D eigenvalue weighted by Crippen LogP contribution is -2.46. The lowest BCUT2D eigenvalue weighted by atomic mass is 9.95. The predicted octanol–water partition coefficient (Wildman–Crippen LogP) is 20.7. The Morgan fingerprint density at radius 3 is 1.16 bits per heavy atom. The fraction of sp³-hybridized carbons (Fsp3) is 0.495. The summed E-state index contributed by atoms with van der Waals surface area (Å²) in [4.78, 5) is 118. The number of halogens is 25. The van der Waals surface area contributed by atoms with Crippen molar-refractivity contribution in [2.75, 3.05) is 64.8 Å². The van der Waals surface area contributed by atoms with E-state index in [2.05, 4.69) is 65.1 Å². The van der Waals surface area contributed by atoms with Crippen LogP contribution < -0.4 is 0 Å². The smallest absolute Gasteiger partial charge is 0.450 e. The first-order valence-electron chi connectivity index (χ1n) is 43.1. The van der Waals surface area contributed by atoms with Crippen LogP contribution in [0.3, 0.4) is 0 Å². The number of Topliss-reactive ketones (excluding diaryl/α,β-unsaturated/α-hetero) is 2. The maximum absolute atomic E-state index is 12.9. The van der Waals surface area contributed by atoms with Gasteiger partial charge in [0.05, 0.1) is 52.0 Å². The van der Waals surface area contributed by atoms with Gasteiger partial charge in [0, 0.05) is 89.7 Å². The molecule has 0 bridgehead atoms. The number of ketones is 2. The molecule has 0 saturated carbocycles. The highest BCUT2D eigenvalue weighted by atomic mass is 127. The lowest BCUT2D eigenvalue weighted by molar-refractivity contribution is -0.261. The number of rotatable bonds is 39. The van der Waals surface area contributed by atoms with Crippen molar-refractivity contribution in [3.05, 3.63) is 230 Å². The van der Waals surface area contributed by atoms with E-state index in [1.165, 1.54) is 52.0 Å². The zero-order valence-corrected chi connectivity index (χ0v) is 82.4. The van der Waals surface area contributed by atoms with E-state index in [4.69, 9.17) is 29.5 Å². The fourth-order valence-corrected chi connectivity index (χ4v) is 11.1. The van der Waals surface area contributed by atoms with Crippen molar-refractivity contribution in [1.82, 2.24) is 14.9 Å².